The van der Waals surface area contributed by atoms with E-state index in [-0.39, 0.29) is 17.4 Å². The number of aliphatic hydroxyl groups excluding tert-OH is 2. The van der Waals surface area contributed by atoms with Gasteiger partial charge in [0.05, 0.1) is 12.1 Å². The average molecular weight is 364 g/mol. The van der Waals surface area contributed by atoms with E-state index in [9.17, 15) is 10.2 Å². The molecule has 0 spiro atoms. The predicted octanol–water partition coefficient (Wildman–Crippen LogP) is 2.69. The van der Waals surface area contributed by atoms with Gasteiger partial charge in [-0.3, -0.25) is 0 Å². The van der Waals surface area contributed by atoms with Gasteiger partial charge in [0, 0.05) is 29.7 Å². The van der Waals surface area contributed by atoms with Gasteiger partial charge in [-0.05, 0) is 68.7 Å². The van der Waals surface area contributed by atoms with E-state index in [1.54, 1.807) is 0 Å². The van der Waals surface area contributed by atoms with Crippen molar-refractivity contribution >= 4 is 18.2 Å². The lowest BCUT2D eigenvalue weighted by Crippen LogP contribution is -2.34. The van der Waals surface area contributed by atoms with Crippen molar-refractivity contribution in [3.05, 3.63) is 54.1 Å². The van der Waals surface area contributed by atoms with Crippen molar-refractivity contribution in [1.29, 1.82) is 0 Å². The number of fused-ring (bicyclic) bond motifs is 2. The standard InChI is InChI=1S/C21H24N4O2/c1-13-12-23-17-10-14(6-9-24(13)17)5-7-21-11-15(21)18(19(26)20(21)27)25-8-3-4-16(25)22-2/h3-4,6,8-10,12,15,18-20,26-27H,2,5,7,11H2,1H3/t15-,18-,19+,20+,21?/m1/s1. The van der Waals surface area contributed by atoms with Crippen LogP contribution in [0.1, 0.15) is 30.1 Å². The molecule has 6 nitrogen and oxygen atoms in total. The van der Waals surface area contributed by atoms with Crippen molar-refractivity contribution in [3.63, 3.8) is 0 Å². The van der Waals surface area contributed by atoms with Crippen LogP contribution in [-0.4, -0.2) is 43.1 Å². The summed E-state index contributed by atoms with van der Waals surface area (Å²) in [4.78, 5) is 8.48. The molecule has 0 radical (unpaired) electrons. The quantitative estimate of drug-likeness (QED) is 0.684. The molecule has 0 saturated heterocycles. The topological polar surface area (TPSA) is 75.0 Å². The zero-order valence-corrected chi connectivity index (χ0v) is 15.4. The number of rotatable bonds is 5. The molecule has 3 aromatic rings. The normalized spacial score (nSPS) is 32.0. The Hall–Kier alpha value is -2.44. The molecule has 140 valence electrons. The van der Waals surface area contributed by atoms with Crippen LogP contribution in [0.25, 0.3) is 5.65 Å². The smallest absolute Gasteiger partial charge is 0.137 e. The highest BCUT2D eigenvalue weighted by Crippen LogP contribution is 2.69. The largest absolute Gasteiger partial charge is 0.390 e. The second kappa shape index (κ2) is 5.78. The number of aromatic nitrogens is 3. The fourth-order valence-corrected chi connectivity index (χ4v) is 5.16. The molecule has 2 saturated carbocycles. The Labute approximate surface area is 157 Å². The van der Waals surface area contributed by atoms with Gasteiger partial charge in [-0.25, -0.2) is 9.98 Å². The highest BCUT2D eigenvalue weighted by atomic mass is 16.3. The summed E-state index contributed by atoms with van der Waals surface area (Å²) in [6, 6.07) is 7.90. The van der Waals surface area contributed by atoms with Crippen LogP contribution < -0.4 is 0 Å². The SMILES string of the molecule is C=Nc1cccn1[C@H]1[C@H](O)[C@H](O)C2(CCc3ccn4c(C)cnc4c3)C[C@H]12. The van der Waals surface area contributed by atoms with Gasteiger partial charge in [-0.2, -0.15) is 0 Å². The van der Waals surface area contributed by atoms with E-state index in [1.165, 1.54) is 5.56 Å². The molecule has 5 atom stereocenters. The monoisotopic (exact) mass is 364 g/mol. The molecule has 0 amide bonds. The van der Waals surface area contributed by atoms with Crippen molar-refractivity contribution in [1.82, 2.24) is 14.0 Å². The lowest BCUT2D eigenvalue weighted by molar-refractivity contribution is -0.0194. The zero-order chi connectivity index (χ0) is 18.8. The number of hydrogen-bond donors (Lipinski definition) is 2. The van der Waals surface area contributed by atoms with Gasteiger partial charge in [0.15, 0.2) is 0 Å². The fraction of sp³-hybridized carbons (Fsp3) is 0.429. The predicted molar refractivity (Wildman–Crippen MR) is 103 cm³/mol. The Morgan fingerprint density at radius 2 is 2.19 bits per heavy atom. The number of nitrogens with zero attached hydrogens (tertiary/aromatic N) is 4. The van der Waals surface area contributed by atoms with E-state index in [2.05, 4.69) is 39.4 Å². The summed E-state index contributed by atoms with van der Waals surface area (Å²) < 4.78 is 4.04. The van der Waals surface area contributed by atoms with Crippen LogP contribution in [0.3, 0.4) is 0 Å². The molecule has 2 fully saturated rings. The molecular formula is C21H24N4O2. The van der Waals surface area contributed by atoms with Crippen LogP contribution >= 0.6 is 0 Å². The van der Waals surface area contributed by atoms with Crippen LogP contribution in [0, 0.1) is 18.3 Å². The first kappa shape index (κ1) is 16.7. The van der Waals surface area contributed by atoms with E-state index in [4.69, 9.17) is 0 Å². The van der Waals surface area contributed by atoms with E-state index in [0.717, 1.165) is 36.4 Å². The third kappa shape index (κ3) is 2.33. The first-order chi connectivity index (χ1) is 13.0. The third-order valence-electron chi connectivity index (χ3n) is 6.73. The van der Waals surface area contributed by atoms with E-state index in [1.807, 2.05) is 36.0 Å². The van der Waals surface area contributed by atoms with Crippen LogP contribution in [0.5, 0.6) is 0 Å². The minimum absolute atomic E-state index is 0.132. The molecule has 2 aliphatic carbocycles. The first-order valence-electron chi connectivity index (χ1n) is 9.47. The second-order valence-corrected chi connectivity index (χ2v) is 8.06. The number of aliphatic hydroxyl groups is 2. The molecule has 0 aliphatic heterocycles. The van der Waals surface area contributed by atoms with Crippen LogP contribution in [0.4, 0.5) is 5.82 Å². The maximum absolute atomic E-state index is 10.8. The summed E-state index contributed by atoms with van der Waals surface area (Å²) >= 11 is 0. The molecule has 2 N–H and O–H groups in total. The maximum atomic E-state index is 10.8. The van der Waals surface area contributed by atoms with Gasteiger partial charge < -0.3 is 19.2 Å². The van der Waals surface area contributed by atoms with Gasteiger partial charge in [0.1, 0.15) is 17.6 Å². The van der Waals surface area contributed by atoms with E-state index in [0.29, 0.717) is 0 Å². The second-order valence-electron chi connectivity index (χ2n) is 8.06. The minimum atomic E-state index is -0.769. The molecule has 27 heavy (non-hydrogen) atoms. The van der Waals surface area contributed by atoms with Crippen molar-refractivity contribution < 1.29 is 10.2 Å². The number of imidazole rings is 1. The summed E-state index contributed by atoms with van der Waals surface area (Å²) in [6.07, 6.45) is 7.05. The lowest BCUT2D eigenvalue weighted by Gasteiger charge is -2.25. The summed E-state index contributed by atoms with van der Waals surface area (Å²) in [7, 11) is 0. The van der Waals surface area contributed by atoms with Crippen molar-refractivity contribution in [2.75, 3.05) is 0 Å². The number of hydrogen-bond acceptors (Lipinski definition) is 4. The average Bonchev–Trinajstić information content (AvgIpc) is 2.94. The Morgan fingerprint density at radius 3 is 3.00 bits per heavy atom. The Bertz CT molecular complexity index is 1020. The van der Waals surface area contributed by atoms with Crippen LogP contribution in [-0.2, 0) is 6.42 Å². The van der Waals surface area contributed by atoms with Gasteiger partial charge >= 0.3 is 0 Å². The summed E-state index contributed by atoms with van der Waals surface area (Å²) in [5.74, 6) is 1.02. The molecular weight excluding hydrogens is 340 g/mol. The highest BCUT2D eigenvalue weighted by Gasteiger charge is 2.70. The van der Waals surface area contributed by atoms with Crippen LogP contribution in [0.15, 0.2) is 47.8 Å². The summed E-state index contributed by atoms with van der Waals surface area (Å²) in [5, 5.41) is 21.5. The molecule has 3 aromatic heterocycles. The van der Waals surface area contributed by atoms with E-state index >= 15 is 0 Å². The number of aryl methyl sites for hydroxylation is 2. The summed E-state index contributed by atoms with van der Waals surface area (Å²) in [5.41, 5.74) is 3.08. The third-order valence-corrected chi connectivity index (χ3v) is 6.73. The molecule has 0 aromatic carbocycles. The zero-order valence-electron chi connectivity index (χ0n) is 15.4. The van der Waals surface area contributed by atoms with Gasteiger partial charge in [-0.1, -0.05) is 0 Å². The van der Waals surface area contributed by atoms with Crippen molar-refractivity contribution in [2.45, 2.75) is 44.4 Å². The number of pyridine rings is 1. The molecule has 1 unspecified atom stereocenters. The summed E-state index contributed by atoms with van der Waals surface area (Å²) in [6.45, 7) is 5.65. The van der Waals surface area contributed by atoms with Crippen LogP contribution in [0.2, 0.25) is 0 Å². The molecule has 2 aliphatic rings. The van der Waals surface area contributed by atoms with Gasteiger partial charge in [0.2, 0.25) is 0 Å². The fourth-order valence-electron chi connectivity index (χ4n) is 5.16. The lowest BCUT2D eigenvalue weighted by atomic mass is 9.91. The Balaban J connectivity index is 1.37. The first-order valence-corrected chi connectivity index (χ1v) is 9.47. The Morgan fingerprint density at radius 1 is 1.33 bits per heavy atom. The Kier molecular flexibility index (Phi) is 3.58. The molecule has 6 heteroatoms. The van der Waals surface area contributed by atoms with E-state index < -0.39 is 12.2 Å². The van der Waals surface area contributed by atoms with Gasteiger partial charge in [-0.15, -0.1) is 0 Å². The molecule has 3 heterocycles. The molecule has 5 rings (SSSR count). The molecule has 0 bridgehead atoms. The van der Waals surface area contributed by atoms with Gasteiger partial charge in [0.25, 0.3) is 0 Å². The maximum Gasteiger partial charge on any atom is 0.137 e. The van der Waals surface area contributed by atoms with Crippen molar-refractivity contribution in [2.24, 2.45) is 16.3 Å². The number of aliphatic imine (C=N–C) groups is 1. The highest BCUT2D eigenvalue weighted by molar-refractivity contribution is 5.44. The minimum Gasteiger partial charge on any atom is -0.390 e. The van der Waals surface area contributed by atoms with Crippen molar-refractivity contribution in [3.8, 4) is 0 Å².